The monoisotopic (exact) mass is 481 g/mol. The van der Waals surface area contributed by atoms with E-state index in [0.29, 0.717) is 25.1 Å². The molecule has 2 aliphatic heterocycles. The highest BCUT2D eigenvalue weighted by Crippen LogP contribution is 2.32. The standard InChI is InChI=1S/C30H31N3O3/c1-18-12-22(34)15-20-8-10-32-28(17-24(18)20)30(35)33-27-9-11-31-26-7-6-19(14-25(26)27)13-23-16-21-4-2-3-5-29(21)36-23/h2-7,12,14-16,27-28,31-32,34H,8-11,13,17H2,1H3,(H,33,35). The van der Waals surface area contributed by atoms with Crippen molar-refractivity contribution in [1.29, 1.82) is 0 Å². The fraction of sp³-hybridized carbons (Fsp3) is 0.300. The molecule has 0 spiro atoms. The van der Waals surface area contributed by atoms with Gasteiger partial charge >= 0.3 is 0 Å². The van der Waals surface area contributed by atoms with E-state index in [0.717, 1.165) is 69.6 Å². The normalized spacial score (nSPS) is 19.1. The average Bonchev–Trinajstić information content (AvgIpc) is 3.14. The summed E-state index contributed by atoms with van der Waals surface area (Å²) >= 11 is 0. The predicted octanol–water partition coefficient (Wildman–Crippen LogP) is 4.77. The molecule has 4 aromatic rings. The number of para-hydroxylation sites is 1. The van der Waals surface area contributed by atoms with Gasteiger partial charge < -0.3 is 25.5 Å². The maximum absolute atomic E-state index is 13.4. The van der Waals surface area contributed by atoms with Crippen LogP contribution in [0.5, 0.6) is 5.75 Å². The van der Waals surface area contributed by atoms with Crippen molar-refractivity contribution in [2.24, 2.45) is 0 Å². The summed E-state index contributed by atoms with van der Waals surface area (Å²) in [4.78, 5) is 13.4. The SMILES string of the molecule is Cc1cc(O)cc2c1CC(C(=O)NC1CCNc3ccc(Cc4cc5ccccc5o4)cc31)NCC2. The van der Waals surface area contributed by atoms with Crippen LogP contribution in [0.3, 0.4) is 0 Å². The van der Waals surface area contributed by atoms with Gasteiger partial charge in [0.1, 0.15) is 17.1 Å². The van der Waals surface area contributed by atoms with E-state index in [9.17, 15) is 9.90 Å². The number of amides is 1. The van der Waals surface area contributed by atoms with E-state index in [4.69, 9.17) is 4.42 Å². The van der Waals surface area contributed by atoms with Crippen molar-refractivity contribution < 1.29 is 14.3 Å². The molecule has 6 heteroatoms. The number of fused-ring (bicyclic) bond motifs is 3. The smallest absolute Gasteiger partial charge is 0.237 e. The number of benzene rings is 3. The van der Waals surface area contributed by atoms with Gasteiger partial charge in [-0.05, 0) is 90.9 Å². The summed E-state index contributed by atoms with van der Waals surface area (Å²) in [5.41, 5.74) is 7.58. The van der Waals surface area contributed by atoms with E-state index in [-0.39, 0.29) is 18.0 Å². The maximum atomic E-state index is 13.4. The van der Waals surface area contributed by atoms with Crippen LogP contribution in [0.4, 0.5) is 5.69 Å². The predicted molar refractivity (Wildman–Crippen MR) is 141 cm³/mol. The highest BCUT2D eigenvalue weighted by Gasteiger charge is 2.28. The van der Waals surface area contributed by atoms with Gasteiger partial charge in [-0.2, -0.15) is 0 Å². The Morgan fingerprint density at radius 2 is 2.00 bits per heavy atom. The summed E-state index contributed by atoms with van der Waals surface area (Å²) < 4.78 is 6.04. The topological polar surface area (TPSA) is 86.5 Å². The lowest BCUT2D eigenvalue weighted by molar-refractivity contribution is -0.123. The van der Waals surface area contributed by atoms with Crippen molar-refractivity contribution in [3.05, 3.63) is 94.2 Å². The summed E-state index contributed by atoms with van der Waals surface area (Å²) in [5, 5.41) is 21.3. The van der Waals surface area contributed by atoms with Gasteiger partial charge in [0.15, 0.2) is 0 Å². The molecule has 2 unspecified atom stereocenters. The Morgan fingerprint density at radius 3 is 2.89 bits per heavy atom. The second-order valence-electron chi connectivity index (χ2n) is 9.99. The number of carbonyl (C=O) groups excluding carboxylic acids is 1. The third kappa shape index (κ3) is 4.44. The van der Waals surface area contributed by atoms with E-state index in [1.54, 1.807) is 6.07 Å². The minimum atomic E-state index is -0.299. The summed E-state index contributed by atoms with van der Waals surface area (Å²) in [6, 6.07) is 19.9. The molecule has 1 aromatic heterocycles. The number of phenols is 1. The van der Waals surface area contributed by atoms with Gasteiger partial charge in [-0.3, -0.25) is 4.79 Å². The number of anilines is 1. The molecule has 3 aromatic carbocycles. The first-order valence-corrected chi connectivity index (χ1v) is 12.7. The zero-order valence-electron chi connectivity index (χ0n) is 20.4. The van der Waals surface area contributed by atoms with Crippen LogP contribution in [-0.4, -0.2) is 30.1 Å². The maximum Gasteiger partial charge on any atom is 0.237 e. The summed E-state index contributed by atoms with van der Waals surface area (Å²) in [6.45, 7) is 3.53. The number of rotatable bonds is 4. The molecule has 2 aliphatic rings. The Bertz CT molecular complexity index is 1410. The Morgan fingerprint density at radius 1 is 1.11 bits per heavy atom. The molecule has 36 heavy (non-hydrogen) atoms. The second-order valence-corrected chi connectivity index (χ2v) is 9.99. The Hall–Kier alpha value is -3.77. The first-order valence-electron chi connectivity index (χ1n) is 12.7. The van der Waals surface area contributed by atoms with Gasteiger partial charge in [0.2, 0.25) is 5.91 Å². The van der Waals surface area contributed by atoms with Crippen molar-refractivity contribution in [3.63, 3.8) is 0 Å². The van der Waals surface area contributed by atoms with E-state index >= 15 is 0 Å². The summed E-state index contributed by atoms with van der Waals surface area (Å²) in [5.74, 6) is 1.25. The lowest BCUT2D eigenvalue weighted by Gasteiger charge is -2.29. The van der Waals surface area contributed by atoms with Crippen LogP contribution in [0.2, 0.25) is 0 Å². The Labute approximate surface area is 210 Å². The first kappa shape index (κ1) is 22.7. The molecule has 0 saturated carbocycles. The molecule has 2 atom stereocenters. The van der Waals surface area contributed by atoms with Gasteiger partial charge in [-0.1, -0.05) is 30.3 Å². The first-order chi connectivity index (χ1) is 17.5. The van der Waals surface area contributed by atoms with Gasteiger partial charge in [0.05, 0.1) is 12.1 Å². The molecule has 3 heterocycles. The van der Waals surface area contributed by atoms with Crippen LogP contribution in [0.25, 0.3) is 11.0 Å². The Balaban J connectivity index is 1.20. The third-order valence-corrected chi connectivity index (χ3v) is 7.47. The largest absolute Gasteiger partial charge is 0.508 e. The molecule has 0 radical (unpaired) electrons. The number of hydrogen-bond donors (Lipinski definition) is 4. The van der Waals surface area contributed by atoms with Gasteiger partial charge in [0, 0.05) is 24.0 Å². The zero-order chi connectivity index (χ0) is 24.6. The quantitative estimate of drug-likeness (QED) is 0.337. The molecular weight excluding hydrogens is 450 g/mol. The average molecular weight is 482 g/mol. The number of aromatic hydroxyl groups is 1. The number of hydrogen-bond acceptors (Lipinski definition) is 5. The molecule has 0 fully saturated rings. The highest BCUT2D eigenvalue weighted by molar-refractivity contribution is 5.83. The van der Waals surface area contributed by atoms with E-state index in [2.05, 4.69) is 46.3 Å². The second kappa shape index (κ2) is 9.36. The fourth-order valence-electron chi connectivity index (χ4n) is 5.65. The molecule has 6 rings (SSSR count). The summed E-state index contributed by atoms with van der Waals surface area (Å²) in [7, 11) is 0. The molecule has 1 amide bonds. The van der Waals surface area contributed by atoms with E-state index < -0.39 is 0 Å². The minimum Gasteiger partial charge on any atom is -0.508 e. The Kier molecular flexibility index (Phi) is 5.89. The van der Waals surface area contributed by atoms with Gasteiger partial charge in [-0.25, -0.2) is 0 Å². The lowest BCUT2D eigenvalue weighted by atomic mass is 9.93. The number of carbonyl (C=O) groups is 1. The number of aryl methyl sites for hydroxylation is 1. The van der Waals surface area contributed by atoms with Crippen LogP contribution >= 0.6 is 0 Å². The number of furan rings is 1. The lowest BCUT2D eigenvalue weighted by Crippen LogP contribution is -2.47. The van der Waals surface area contributed by atoms with Crippen LogP contribution in [0.1, 0.15) is 46.0 Å². The highest BCUT2D eigenvalue weighted by atomic mass is 16.3. The van der Waals surface area contributed by atoms with Crippen molar-refractivity contribution in [1.82, 2.24) is 10.6 Å². The van der Waals surface area contributed by atoms with Gasteiger partial charge in [-0.15, -0.1) is 0 Å². The van der Waals surface area contributed by atoms with Crippen LogP contribution in [-0.2, 0) is 24.1 Å². The van der Waals surface area contributed by atoms with Crippen molar-refractivity contribution >= 4 is 22.6 Å². The molecule has 0 bridgehead atoms. The van der Waals surface area contributed by atoms with E-state index in [1.165, 1.54) is 0 Å². The molecule has 0 saturated heterocycles. The van der Waals surface area contributed by atoms with Crippen LogP contribution in [0.15, 0.2) is 65.1 Å². The van der Waals surface area contributed by atoms with Crippen LogP contribution < -0.4 is 16.0 Å². The van der Waals surface area contributed by atoms with Crippen molar-refractivity contribution in [3.8, 4) is 5.75 Å². The molecule has 184 valence electrons. The third-order valence-electron chi connectivity index (χ3n) is 7.47. The molecule has 6 nitrogen and oxygen atoms in total. The number of phenolic OH excluding ortho intramolecular Hbond substituents is 1. The minimum absolute atomic E-state index is 0.0239. The van der Waals surface area contributed by atoms with E-state index in [1.807, 2.05) is 31.2 Å². The number of nitrogens with one attached hydrogen (secondary N) is 3. The van der Waals surface area contributed by atoms with Crippen LogP contribution in [0, 0.1) is 6.92 Å². The summed E-state index contributed by atoms with van der Waals surface area (Å²) in [6.07, 6.45) is 2.96. The zero-order valence-corrected chi connectivity index (χ0v) is 20.4. The molecule has 4 N–H and O–H groups in total. The van der Waals surface area contributed by atoms with Crippen molar-refractivity contribution in [2.45, 2.75) is 44.7 Å². The van der Waals surface area contributed by atoms with Crippen molar-refractivity contribution in [2.75, 3.05) is 18.4 Å². The molecule has 0 aliphatic carbocycles. The van der Waals surface area contributed by atoms with Gasteiger partial charge in [0.25, 0.3) is 0 Å². The molecular formula is C30H31N3O3. The fourth-order valence-corrected chi connectivity index (χ4v) is 5.65.